The zero-order valence-electron chi connectivity index (χ0n) is 27.0. The molecule has 0 radical (unpaired) electrons. The number of piperidine rings is 1. The lowest BCUT2D eigenvalue weighted by atomic mass is 9.87. The van der Waals surface area contributed by atoms with Gasteiger partial charge in [-0.2, -0.15) is 4.98 Å². The van der Waals surface area contributed by atoms with Crippen LogP contribution in [-0.4, -0.2) is 42.7 Å². The van der Waals surface area contributed by atoms with E-state index in [0.29, 0.717) is 16.9 Å². The second kappa shape index (κ2) is 11.9. The maximum absolute atomic E-state index is 12.9. The Labute approximate surface area is 237 Å². The Bertz CT molecular complexity index is 1600. The molecule has 0 unspecified atom stereocenters. The first-order valence-electron chi connectivity index (χ1n) is 14.8. The number of hydrogen-bond acceptors (Lipinski definition) is 8. The third-order valence-electron chi connectivity index (χ3n) is 6.05. The van der Waals surface area contributed by atoms with Crippen LogP contribution in [-0.2, 0) is 9.84 Å². The summed E-state index contributed by atoms with van der Waals surface area (Å²) in [5.74, 6) is 0.120. The summed E-state index contributed by atoms with van der Waals surface area (Å²) >= 11 is 6.39. The summed E-state index contributed by atoms with van der Waals surface area (Å²) in [5, 5.41) is 8.07. The summed E-state index contributed by atoms with van der Waals surface area (Å²) < 4.78 is 72.9. The molecule has 3 aromatic rings. The van der Waals surface area contributed by atoms with Gasteiger partial charge in [0, 0.05) is 5.48 Å². The van der Waals surface area contributed by atoms with Gasteiger partial charge in [0.05, 0.1) is 35.2 Å². The normalized spacial score (nSPS) is 19.5. The first kappa shape index (κ1) is 22.0. The number of aromatic nitrogens is 2. The molecule has 0 saturated carbocycles. The molecule has 8 nitrogen and oxygen atoms in total. The van der Waals surface area contributed by atoms with Crippen molar-refractivity contribution in [3.63, 3.8) is 0 Å². The van der Waals surface area contributed by atoms with Gasteiger partial charge in [0.25, 0.3) is 0 Å². The number of aryl methyl sites for hydroxylation is 1. The van der Waals surface area contributed by atoms with Crippen molar-refractivity contribution in [2.24, 2.45) is 0 Å². The maximum atomic E-state index is 12.9. The van der Waals surface area contributed by atoms with Crippen LogP contribution in [0.3, 0.4) is 0 Å². The largest absolute Gasteiger partial charge is 0.489 e. The lowest BCUT2D eigenvalue weighted by molar-refractivity contribution is 0.243. The average Bonchev–Trinajstić information content (AvgIpc) is 2.85. The Kier molecular flexibility index (Phi) is 6.88. The lowest BCUT2D eigenvalue weighted by Gasteiger charge is -2.26. The van der Waals surface area contributed by atoms with Gasteiger partial charge in [-0.05, 0) is 102 Å². The van der Waals surface area contributed by atoms with Gasteiger partial charge in [0.2, 0.25) is 5.95 Å². The zero-order valence-corrected chi connectivity index (χ0v) is 23.6. The highest BCUT2D eigenvalue weighted by Gasteiger charge is 2.24. The minimum Gasteiger partial charge on any atom is -0.489 e. The standard InChI is InChI=1S/C28H36ClN5O3S/c1-17(2)37-25-15-21(20-10-12-30-13-11-20)19(5)14-24(25)33-28-31-16-22(29)27(34-28)32-23-8-6-7-9-26(23)38(35,36)18(3)4/h6-9,14-18,20,30H,10-13H2,1-5H3,(H2,31,32,33,34)/i12D2,13D2,17D. The number of nitrogens with zero attached hydrogens (tertiary/aromatic N) is 2. The van der Waals surface area contributed by atoms with Gasteiger partial charge < -0.3 is 20.7 Å². The molecule has 1 aliphatic heterocycles. The van der Waals surface area contributed by atoms with Gasteiger partial charge in [-0.15, -0.1) is 0 Å². The third kappa shape index (κ3) is 6.39. The monoisotopic (exact) mass is 562 g/mol. The Balaban J connectivity index is 1.71. The second-order valence-electron chi connectivity index (χ2n) is 9.53. The first-order valence-corrected chi connectivity index (χ1v) is 14.2. The molecule has 1 fully saturated rings. The Morgan fingerprint density at radius 2 is 1.84 bits per heavy atom. The minimum atomic E-state index is -3.60. The van der Waals surface area contributed by atoms with Crippen molar-refractivity contribution in [1.29, 1.82) is 0 Å². The summed E-state index contributed by atoms with van der Waals surface area (Å²) in [6.07, 6.45) is 0.161. The fourth-order valence-electron chi connectivity index (χ4n) is 4.08. The fraction of sp³-hybridized carbons (Fsp3) is 0.429. The number of sulfone groups is 1. The SMILES string of the molecule is [2H]C1([2H])CC(c2cc(OC([2H])(C)C)c(Nc3ncc(Cl)c(Nc4ccccc4S(=O)(=O)C(C)C)n3)cc2C)CC([2H])([2H])N1. The van der Waals surface area contributed by atoms with Crippen LogP contribution in [0.15, 0.2) is 47.5 Å². The van der Waals surface area contributed by atoms with Gasteiger partial charge >= 0.3 is 0 Å². The number of anilines is 4. The van der Waals surface area contributed by atoms with Crippen molar-refractivity contribution < 1.29 is 20.0 Å². The van der Waals surface area contributed by atoms with Gasteiger partial charge in [-0.25, -0.2) is 13.4 Å². The van der Waals surface area contributed by atoms with Crippen LogP contribution in [0.4, 0.5) is 23.1 Å². The van der Waals surface area contributed by atoms with E-state index in [9.17, 15) is 8.42 Å². The molecule has 3 N–H and O–H groups in total. The third-order valence-corrected chi connectivity index (χ3v) is 8.54. The Morgan fingerprint density at radius 3 is 2.53 bits per heavy atom. The predicted octanol–water partition coefficient (Wildman–Crippen LogP) is 6.36. The summed E-state index contributed by atoms with van der Waals surface area (Å²) in [6.45, 7) is 4.38. The van der Waals surface area contributed by atoms with Crippen molar-refractivity contribution in [3.8, 4) is 5.75 Å². The number of nitrogens with one attached hydrogen (secondary N) is 3. The van der Waals surface area contributed by atoms with Crippen molar-refractivity contribution >= 4 is 44.6 Å². The maximum Gasteiger partial charge on any atom is 0.229 e. The van der Waals surface area contributed by atoms with Crippen molar-refractivity contribution in [3.05, 3.63) is 58.7 Å². The van der Waals surface area contributed by atoms with E-state index in [1.807, 2.05) is 6.92 Å². The molecule has 38 heavy (non-hydrogen) atoms. The van der Waals surface area contributed by atoms with Crippen LogP contribution >= 0.6 is 11.6 Å². The molecule has 0 atom stereocenters. The van der Waals surface area contributed by atoms with E-state index in [-0.39, 0.29) is 40.3 Å². The van der Waals surface area contributed by atoms with Gasteiger partial charge in [0.1, 0.15) is 10.8 Å². The molecule has 0 spiro atoms. The van der Waals surface area contributed by atoms with E-state index in [1.165, 1.54) is 12.3 Å². The number of para-hydroxylation sites is 1. The van der Waals surface area contributed by atoms with Gasteiger partial charge in [-0.1, -0.05) is 23.7 Å². The molecule has 2 heterocycles. The molecule has 0 bridgehead atoms. The van der Waals surface area contributed by atoms with E-state index in [2.05, 4.69) is 25.9 Å². The summed E-state index contributed by atoms with van der Waals surface area (Å²) in [4.78, 5) is 8.86. The number of benzene rings is 2. The van der Waals surface area contributed by atoms with E-state index in [4.69, 9.17) is 23.2 Å². The molecular weight excluding hydrogens is 522 g/mol. The molecule has 10 heteroatoms. The van der Waals surface area contributed by atoms with Crippen LogP contribution in [0.5, 0.6) is 5.75 Å². The molecule has 0 amide bonds. The molecule has 1 aromatic heterocycles. The first-order chi connectivity index (χ1) is 19.8. The molecule has 0 aliphatic carbocycles. The van der Waals surface area contributed by atoms with Crippen molar-refractivity contribution in [2.75, 3.05) is 23.6 Å². The van der Waals surface area contributed by atoms with Crippen LogP contribution in [0.1, 0.15) is 64.4 Å². The zero-order chi connectivity index (χ0) is 32.0. The molecular formula is C28H36ClN5O3S. The Morgan fingerprint density at radius 1 is 1.13 bits per heavy atom. The van der Waals surface area contributed by atoms with E-state index in [1.54, 1.807) is 58.0 Å². The fourth-order valence-corrected chi connectivity index (χ4v) is 5.42. The van der Waals surface area contributed by atoms with Crippen molar-refractivity contribution in [2.45, 2.75) is 69.6 Å². The van der Waals surface area contributed by atoms with E-state index in [0.717, 1.165) is 5.56 Å². The predicted molar refractivity (Wildman–Crippen MR) is 154 cm³/mol. The van der Waals surface area contributed by atoms with Crippen molar-refractivity contribution in [1.82, 2.24) is 15.3 Å². The molecule has 1 aliphatic rings. The van der Waals surface area contributed by atoms with Crippen LogP contribution in [0.25, 0.3) is 0 Å². The molecule has 4 rings (SSSR count). The molecule has 2 aromatic carbocycles. The second-order valence-corrected chi connectivity index (χ2v) is 12.4. The summed E-state index contributed by atoms with van der Waals surface area (Å²) in [6, 6.07) is 9.95. The van der Waals surface area contributed by atoms with Crippen LogP contribution in [0.2, 0.25) is 5.02 Å². The quantitative estimate of drug-likeness (QED) is 0.276. The number of rotatable bonds is 9. The molecule has 204 valence electrons. The highest BCUT2D eigenvalue weighted by molar-refractivity contribution is 7.92. The highest BCUT2D eigenvalue weighted by Crippen LogP contribution is 2.37. The minimum absolute atomic E-state index is 0.0627. The van der Waals surface area contributed by atoms with Crippen LogP contribution in [0, 0.1) is 6.92 Å². The summed E-state index contributed by atoms with van der Waals surface area (Å²) in [7, 11) is -3.60. The topological polar surface area (TPSA) is 105 Å². The average molecular weight is 563 g/mol. The molecule has 1 saturated heterocycles. The van der Waals surface area contributed by atoms with Gasteiger partial charge in [-0.3, -0.25) is 0 Å². The summed E-state index contributed by atoms with van der Waals surface area (Å²) in [5.41, 5.74) is 2.21. The number of ether oxygens (including phenoxy) is 1. The van der Waals surface area contributed by atoms with E-state index >= 15 is 0 Å². The van der Waals surface area contributed by atoms with E-state index < -0.39 is 40.1 Å². The Hall–Kier alpha value is -2.88. The van der Waals surface area contributed by atoms with Crippen LogP contribution < -0.4 is 20.7 Å². The highest BCUT2D eigenvalue weighted by atomic mass is 35.5. The van der Waals surface area contributed by atoms with Gasteiger partial charge in [0.15, 0.2) is 15.7 Å². The smallest absolute Gasteiger partial charge is 0.229 e. The lowest BCUT2D eigenvalue weighted by Crippen LogP contribution is -2.27. The number of halogens is 1. The number of hydrogen-bond donors (Lipinski definition) is 3.